The van der Waals surface area contributed by atoms with Gasteiger partial charge in [-0.15, -0.1) is 10.2 Å². The largest absolute Gasteiger partial charge is 0.324 e. The van der Waals surface area contributed by atoms with E-state index < -0.39 is 9.84 Å². The molecule has 0 bridgehead atoms. The summed E-state index contributed by atoms with van der Waals surface area (Å²) in [6, 6.07) is 11.8. The number of hydrogen-bond acceptors (Lipinski definition) is 6. The molecule has 2 heterocycles. The number of para-hydroxylation sites is 1. The van der Waals surface area contributed by atoms with Gasteiger partial charge in [-0.05, 0) is 24.3 Å². The number of sulfone groups is 1. The van der Waals surface area contributed by atoms with Gasteiger partial charge in [-0.3, -0.25) is 9.20 Å². The zero-order valence-corrected chi connectivity index (χ0v) is 14.3. The number of nitrogens with one attached hydrogen (secondary N) is 1. The summed E-state index contributed by atoms with van der Waals surface area (Å²) in [5, 5.41) is 11.3. The van der Waals surface area contributed by atoms with Crippen LogP contribution >= 0.6 is 11.8 Å². The molecule has 0 aliphatic rings. The third kappa shape index (κ3) is 3.57. The molecule has 2 aromatic heterocycles. The molecule has 0 fully saturated rings. The van der Waals surface area contributed by atoms with Crippen LogP contribution in [0.2, 0.25) is 0 Å². The van der Waals surface area contributed by atoms with E-state index in [2.05, 4.69) is 15.5 Å². The monoisotopic (exact) mass is 362 g/mol. The van der Waals surface area contributed by atoms with Crippen LogP contribution < -0.4 is 5.32 Å². The van der Waals surface area contributed by atoms with Crippen LogP contribution in [0.5, 0.6) is 0 Å². The van der Waals surface area contributed by atoms with Gasteiger partial charge in [0.25, 0.3) is 0 Å². The molecule has 7 nitrogen and oxygen atoms in total. The number of anilines is 1. The van der Waals surface area contributed by atoms with Crippen molar-refractivity contribution in [3.8, 4) is 0 Å². The molecule has 0 saturated heterocycles. The van der Waals surface area contributed by atoms with Gasteiger partial charge in [0.05, 0.1) is 16.3 Å². The average molecular weight is 362 g/mol. The molecule has 0 spiro atoms. The lowest BCUT2D eigenvalue weighted by Crippen LogP contribution is -2.16. The van der Waals surface area contributed by atoms with Gasteiger partial charge in [-0.2, -0.15) is 0 Å². The van der Waals surface area contributed by atoms with E-state index in [4.69, 9.17) is 0 Å². The lowest BCUT2D eigenvalue weighted by Gasteiger charge is -2.09. The Labute approximate surface area is 143 Å². The molecule has 3 aromatic rings. The third-order valence-corrected chi connectivity index (χ3v) is 5.27. The predicted molar refractivity (Wildman–Crippen MR) is 91.9 cm³/mol. The minimum absolute atomic E-state index is 0.0911. The maximum Gasteiger partial charge on any atom is 0.234 e. The van der Waals surface area contributed by atoms with Gasteiger partial charge in [0.15, 0.2) is 20.6 Å². The Morgan fingerprint density at radius 3 is 2.71 bits per heavy atom. The molecule has 0 aliphatic heterocycles. The highest BCUT2D eigenvalue weighted by molar-refractivity contribution is 7.99. The van der Waals surface area contributed by atoms with Crippen molar-refractivity contribution < 1.29 is 13.2 Å². The number of hydrogen-bond donors (Lipinski definition) is 1. The minimum atomic E-state index is -3.41. The standard InChI is InChI=1S/C15H14N4O3S2/c1-24(21,22)12-7-3-2-6-11(12)16-14(20)10-23-15-18-17-13-8-4-5-9-19(13)15/h2-9H,10H2,1H3,(H,16,20). The van der Waals surface area contributed by atoms with E-state index in [1.54, 1.807) is 22.6 Å². The van der Waals surface area contributed by atoms with Crippen LogP contribution in [0.15, 0.2) is 58.7 Å². The number of thioether (sulfide) groups is 1. The van der Waals surface area contributed by atoms with Crippen LogP contribution in [0.1, 0.15) is 0 Å². The molecule has 24 heavy (non-hydrogen) atoms. The highest BCUT2D eigenvalue weighted by Gasteiger charge is 2.15. The van der Waals surface area contributed by atoms with Crippen molar-refractivity contribution in [2.75, 3.05) is 17.3 Å². The highest BCUT2D eigenvalue weighted by Crippen LogP contribution is 2.22. The van der Waals surface area contributed by atoms with Crippen molar-refractivity contribution >= 4 is 38.8 Å². The molecule has 1 amide bonds. The van der Waals surface area contributed by atoms with Gasteiger partial charge >= 0.3 is 0 Å². The normalized spacial score (nSPS) is 11.5. The van der Waals surface area contributed by atoms with Crippen molar-refractivity contribution in [1.29, 1.82) is 0 Å². The number of amides is 1. The van der Waals surface area contributed by atoms with Gasteiger partial charge < -0.3 is 5.32 Å². The fourth-order valence-electron chi connectivity index (χ4n) is 2.13. The first-order valence-electron chi connectivity index (χ1n) is 6.96. The summed E-state index contributed by atoms with van der Waals surface area (Å²) in [7, 11) is -3.41. The SMILES string of the molecule is CS(=O)(=O)c1ccccc1NC(=O)CSc1nnc2ccccn12. The topological polar surface area (TPSA) is 93.4 Å². The van der Waals surface area contributed by atoms with Gasteiger partial charge in [-0.1, -0.05) is 30.0 Å². The summed E-state index contributed by atoms with van der Waals surface area (Å²) in [4.78, 5) is 12.2. The van der Waals surface area contributed by atoms with E-state index in [-0.39, 0.29) is 22.2 Å². The molecule has 9 heteroatoms. The van der Waals surface area contributed by atoms with E-state index in [0.29, 0.717) is 10.8 Å². The first-order chi connectivity index (χ1) is 11.4. The maximum absolute atomic E-state index is 12.1. The summed E-state index contributed by atoms with van der Waals surface area (Å²) in [5.41, 5.74) is 0.972. The highest BCUT2D eigenvalue weighted by atomic mass is 32.2. The molecule has 1 N–H and O–H groups in total. The predicted octanol–water partition coefficient (Wildman–Crippen LogP) is 1.86. The Kier molecular flexibility index (Phi) is 4.54. The minimum Gasteiger partial charge on any atom is -0.324 e. The molecular formula is C15H14N4O3S2. The summed E-state index contributed by atoms with van der Waals surface area (Å²) >= 11 is 1.23. The molecule has 0 aliphatic carbocycles. The number of aromatic nitrogens is 3. The van der Waals surface area contributed by atoms with Crippen molar-refractivity contribution in [3.05, 3.63) is 48.7 Å². The third-order valence-electron chi connectivity index (χ3n) is 3.18. The van der Waals surface area contributed by atoms with Crippen LogP contribution in [0, 0.1) is 0 Å². The van der Waals surface area contributed by atoms with Crippen molar-refractivity contribution in [2.45, 2.75) is 10.1 Å². The number of rotatable bonds is 5. The van der Waals surface area contributed by atoms with E-state index in [9.17, 15) is 13.2 Å². The summed E-state index contributed by atoms with van der Waals surface area (Å²) < 4.78 is 25.3. The van der Waals surface area contributed by atoms with E-state index in [0.717, 1.165) is 6.26 Å². The summed E-state index contributed by atoms with van der Waals surface area (Å²) in [6.45, 7) is 0. The second-order valence-electron chi connectivity index (χ2n) is 5.02. The molecular weight excluding hydrogens is 348 g/mol. The van der Waals surface area contributed by atoms with Gasteiger partial charge in [0, 0.05) is 12.5 Å². The van der Waals surface area contributed by atoms with Crippen LogP contribution in [-0.4, -0.2) is 40.9 Å². The van der Waals surface area contributed by atoms with Gasteiger partial charge in [0.2, 0.25) is 5.91 Å². The smallest absolute Gasteiger partial charge is 0.234 e. The van der Waals surface area contributed by atoms with Crippen LogP contribution in [-0.2, 0) is 14.6 Å². The van der Waals surface area contributed by atoms with Gasteiger partial charge in [-0.25, -0.2) is 8.42 Å². The summed E-state index contributed by atoms with van der Waals surface area (Å²) in [5.74, 6) is -0.225. The first-order valence-corrected chi connectivity index (χ1v) is 9.84. The quantitative estimate of drug-likeness (QED) is 0.697. The number of carbonyl (C=O) groups is 1. The number of pyridine rings is 1. The Morgan fingerprint density at radius 2 is 1.92 bits per heavy atom. The Bertz CT molecular complexity index is 999. The lowest BCUT2D eigenvalue weighted by molar-refractivity contribution is -0.113. The van der Waals surface area contributed by atoms with Crippen molar-refractivity contribution in [2.24, 2.45) is 0 Å². The number of nitrogens with zero attached hydrogens (tertiary/aromatic N) is 3. The fraction of sp³-hybridized carbons (Fsp3) is 0.133. The Balaban J connectivity index is 1.71. The number of carbonyl (C=O) groups excluding carboxylic acids is 1. The van der Waals surface area contributed by atoms with Gasteiger partial charge in [0.1, 0.15) is 0 Å². The van der Waals surface area contributed by atoms with Crippen molar-refractivity contribution in [1.82, 2.24) is 14.6 Å². The first kappa shape index (κ1) is 16.5. The Hall–Kier alpha value is -2.39. The summed E-state index contributed by atoms with van der Waals surface area (Å²) in [6.07, 6.45) is 2.92. The number of fused-ring (bicyclic) bond motifs is 1. The molecule has 1 aromatic carbocycles. The second kappa shape index (κ2) is 6.62. The average Bonchev–Trinajstić information content (AvgIpc) is 2.96. The van der Waals surface area contributed by atoms with Crippen molar-refractivity contribution in [3.63, 3.8) is 0 Å². The van der Waals surface area contributed by atoms with E-state index in [1.165, 1.54) is 17.8 Å². The fourth-order valence-corrected chi connectivity index (χ4v) is 3.70. The molecule has 124 valence electrons. The van der Waals surface area contributed by atoms with Crippen LogP contribution in [0.4, 0.5) is 5.69 Å². The molecule has 3 rings (SSSR count). The maximum atomic E-state index is 12.1. The molecule has 0 atom stereocenters. The van der Waals surface area contributed by atoms with E-state index >= 15 is 0 Å². The zero-order chi connectivity index (χ0) is 17.2. The lowest BCUT2D eigenvalue weighted by atomic mass is 10.3. The molecule has 0 unspecified atom stereocenters. The van der Waals surface area contributed by atoms with Crippen LogP contribution in [0.3, 0.4) is 0 Å². The second-order valence-corrected chi connectivity index (χ2v) is 7.94. The Morgan fingerprint density at radius 1 is 1.17 bits per heavy atom. The molecule has 0 saturated carbocycles. The molecule has 0 radical (unpaired) electrons. The zero-order valence-electron chi connectivity index (χ0n) is 12.7. The van der Waals surface area contributed by atoms with E-state index in [1.807, 2.05) is 24.4 Å². The number of benzene rings is 1. The van der Waals surface area contributed by atoms with Crippen LogP contribution in [0.25, 0.3) is 5.65 Å².